The standard InChI is InChI=1S/C23H33N3O4S/c1-14-5-15(2)7-18(6-14)31(29,30)26-21(3,4)20(28)25-23-11-16-8-17(12-23)10-22(9-16,13-23)19(24)27/h5-7,16-17,26H,8-13H2,1-4H3,(H2,24,27)(H,25,28). The minimum Gasteiger partial charge on any atom is -0.369 e. The van der Waals surface area contributed by atoms with Crippen LogP contribution in [0.3, 0.4) is 0 Å². The first-order valence-corrected chi connectivity index (χ1v) is 12.5. The van der Waals surface area contributed by atoms with Crippen molar-refractivity contribution in [3.8, 4) is 0 Å². The van der Waals surface area contributed by atoms with Gasteiger partial charge in [-0.2, -0.15) is 4.72 Å². The van der Waals surface area contributed by atoms with E-state index in [1.807, 2.05) is 19.9 Å². The Hall–Kier alpha value is -1.93. The molecule has 4 aliphatic rings. The number of hydrogen-bond acceptors (Lipinski definition) is 4. The van der Waals surface area contributed by atoms with Crippen LogP contribution in [0.1, 0.15) is 63.5 Å². The molecule has 4 saturated carbocycles. The molecule has 8 heteroatoms. The van der Waals surface area contributed by atoms with Crippen LogP contribution in [0.25, 0.3) is 0 Å². The highest BCUT2D eigenvalue weighted by Crippen LogP contribution is 2.61. The SMILES string of the molecule is Cc1cc(C)cc(S(=O)(=O)NC(C)(C)C(=O)NC23CC4CC(C2)CC(C(N)=O)(C4)C3)c1. The summed E-state index contributed by atoms with van der Waals surface area (Å²) in [6, 6.07) is 5.09. The summed E-state index contributed by atoms with van der Waals surface area (Å²) in [4.78, 5) is 25.8. The third kappa shape index (κ3) is 4.00. The van der Waals surface area contributed by atoms with Crippen molar-refractivity contribution < 1.29 is 18.0 Å². The molecule has 0 aromatic heterocycles. The van der Waals surface area contributed by atoms with Gasteiger partial charge >= 0.3 is 0 Å². The van der Waals surface area contributed by atoms with E-state index in [4.69, 9.17) is 5.73 Å². The second-order valence-corrected chi connectivity index (χ2v) is 12.6. The Kier molecular flexibility index (Phi) is 5.05. The van der Waals surface area contributed by atoms with Crippen LogP contribution < -0.4 is 15.8 Å². The van der Waals surface area contributed by atoms with E-state index in [1.165, 1.54) is 0 Å². The van der Waals surface area contributed by atoms with Crippen molar-refractivity contribution in [2.45, 2.75) is 82.2 Å². The van der Waals surface area contributed by atoms with Gasteiger partial charge in [0.05, 0.1) is 10.3 Å². The minimum absolute atomic E-state index is 0.147. The van der Waals surface area contributed by atoms with Crippen LogP contribution >= 0.6 is 0 Å². The monoisotopic (exact) mass is 447 g/mol. The average Bonchev–Trinajstić information content (AvgIpc) is 2.58. The second-order valence-electron chi connectivity index (χ2n) is 10.9. The molecule has 1 aromatic carbocycles. The molecule has 2 unspecified atom stereocenters. The summed E-state index contributed by atoms with van der Waals surface area (Å²) in [7, 11) is -3.88. The highest BCUT2D eigenvalue weighted by Gasteiger charge is 2.61. The number of nitrogens with one attached hydrogen (secondary N) is 2. The second kappa shape index (κ2) is 7.04. The van der Waals surface area contributed by atoms with Gasteiger partial charge < -0.3 is 11.1 Å². The van der Waals surface area contributed by atoms with Gasteiger partial charge in [-0.25, -0.2) is 8.42 Å². The largest absolute Gasteiger partial charge is 0.369 e. The summed E-state index contributed by atoms with van der Waals surface area (Å²) in [5.41, 5.74) is 5.10. The number of rotatable bonds is 6. The first kappa shape index (κ1) is 22.3. The zero-order valence-electron chi connectivity index (χ0n) is 18.7. The number of carbonyl (C=O) groups excluding carboxylic acids is 2. The molecule has 170 valence electrons. The van der Waals surface area contributed by atoms with Crippen molar-refractivity contribution >= 4 is 21.8 Å². The summed E-state index contributed by atoms with van der Waals surface area (Å²) in [6.45, 7) is 6.83. The van der Waals surface area contributed by atoms with E-state index in [2.05, 4.69) is 10.0 Å². The summed E-state index contributed by atoms with van der Waals surface area (Å²) < 4.78 is 28.6. The Labute approximate surface area is 184 Å². The van der Waals surface area contributed by atoms with Crippen molar-refractivity contribution in [1.82, 2.24) is 10.0 Å². The lowest BCUT2D eigenvalue weighted by molar-refractivity contribution is -0.151. The third-order valence-electron chi connectivity index (χ3n) is 7.43. The lowest BCUT2D eigenvalue weighted by Gasteiger charge is -2.61. The molecule has 2 atom stereocenters. The Balaban J connectivity index is 1.54. The molecular weight excluding hydrogens is 414 g/mol. The van der Waals surface area contributed by atoms with Gasteiger partial charge in [0.1, 0.15) is 5.54 Å². The van der Waals surface area contributed by atoms with E-state index in [9.17, 15) is 18.0 Å². The molecule has 0 saturated heterocycles. The average molecular weight is 448 g/mol. The van der Waals surface area contributed by atoms with E-state index in [-0.39, 0.29) is 16.7 Å². The molecule has 0 heterocycles. The number of primary amides is 1. The molecule has 4 N–H and O–H groups in total. The van der Waals surface area contributed by atoms with E-state index in [0.717, 1.165) is 43.2 Å². The first-order chi connectivity index (χ1) is 14.2. The summed E-state index contributed by atoms with van der Waals surface area (Å²) in [5, 5.41) is 3.17. The van der Waals surface area contributed by atoms with Crippen LogP contribution in [-0.4, -0.2) is 31.3 Å². The fraction of sp³-hybridized carbons (Fsp3) is 0.652. The molecule has 31 heavy (non-hydrogen) atoms. The van der Waals surface area contributed by atoms with Gasteiger partial charge in [-0.05, 0) is 101 Å². The zero-order valence-corrected chi connectivity index (χ0v) is 19.6. The fourth-order valence-corrected chi connectivity index (χ4v) is 8.19. The highest BCUT2D eigenvalue weighted by atomic mass is 32.2. The molecule has 4 fully saturated rings. The fourth-order valence-electron chi connectivity index (χ4n) is 6.62. The van der Waals surface area contributed by atoms with Gasteiger partial charge in [0.25, 0.3) is 0 Å². The minimum atomic E-state index is -3.88. The summed E-state index contributed by atoms with van der Waals surface area (Å²) in [5.74, 6) is 0.116. The molecule has 5 rings (SSSR count). The molecule has 0 aliphatic heterocycles. The van der Waals surface area contributed by atoms with Crippen molar-refractivity contribution in [3.05, 3.63) is 29.3 Å². The number of nitrogens with two attached hydrogens (primary N) is 1. The maximum absolute atomic E-state index is 13.3. The van der Waals surface area contributed by atoms with Crippen molar-refractivity contribution in [3.63, 3.8) is 0 Å². The Morgan fingerprint density at radius 3 is 2.10 bits per heavy atom. The Morgan fingerprint density at radius 1 is 1.03 bits per heavy atom. The topological polar surface area (TPSA) is 118 Å². The van der Waals surface area contributed by atoms with Crippen LogP contribution in [-0.2, 0) is 19.6 Å². The third-order valence-corrected chi connectivity index (χ3v) is 9.06. The normalized spacial score (nSPS) is 32.1. The van der Waals surface area contributed by atoms with Crippen molar-refractivity contribution in [2.75, 3.05) is 0 Å². The van der Waals surface area contributed by atoms with Crippen LogP contribution in [0.15, 0.2) is 23.1 Å². The first-order valence-electron chi connectivity index (χ1n) is 11.0. The number of benzene rings is 1. The van der Waals surface area contributed by atoms with E-state index in [1.54, 1.807) is 26.0 Å². The van der Waals surface area contributed by atoms with Crippen molar-refractivity contribution in [2.24, 2.45) is 23.0 Å². The molecule has 4 aliphatic carbocycles. The lowest BCUT2D eigenvalue weighted by atomic mass is 9.46. The Bertz CT molecular complexity index is 1010. The highest BCUT2D eigenvalue weighted by molar-refractivity contribution is 7.89. The molecule has 0 spiro atoms. The summed E-state index contributed by atoms with van der Waals surface area (Å²) >= 11 is 0. The molecule has 0 radical (unpaired) electrons. The maximum atomic E-state index is 13.3. The maximum Gasteiger partial charge on any atom is 0.241 e. The molecule has 2 amide bonds. The molecule has 7 nitrogen and oxygen atoms in total. The van der Waals surface area contributed by atoms with Gasteiger partial charge in [0.15, 0.2) is 0 Å². The van der Waals surface area contributed by atoms with Gasteiger partial charge in [-0.1, -0.05) is 6.07 Å². The zero-order chi connectivity index (χ0) is 22.8. The number of amides is 2. The van der Waals surface area contributed by atoms with Crippen LogP contribution in [0.5, 0.6) is 0 Å². The van der Waals surface area contributed by atoms with Gasteiger partial charge in [0, 0.05) is 5.54 Å². The molecule has 4 bridgehead atoms. The van der Waals surface area contributed by atoms with E-state index < -0.39 is 26.5 Å². The lowest BCUT2D eigenvalue weighted by Crippen LogP contribution is -2.68. The molecular formula is C23H33N3O4S. The number of carbonyl (C=O) groups is 2. The predicted molar refractivity (Wildman–Crippen MR) is 117 cm³/mol. The molecule has 1 aromatic rings. The van der Waals surface area contributed by atoms with E-state index >= 15 is 0 Å². The van der Waals surface area contributed by atoms with E-state index in [0.29, 0.717) is 18.3 Å². The van der Waals surface area contributed by atoms with Crippen LogP contribution in [0.4, 0.5) is 0 Å². The van der Waals surface area contributed by atoms with Gasteiger partial charge in [0.2, 0.25) is 21.8 Å². The Morgan fingerprint density at radius 2 is 1.58 bits per heavy atom. The summed E-state index contributed by atoms with van der Waals surface area (Å²) in [6.07, 6.45) is 4.88. The van der Waals surface area contributed by atoms with Crippen LogP contribution in [0.2, 0.25) is 0 Å². The quantitative estimate of drug-likeness (QED) is 0.620. The number of sulfonamides is 1. The van der Waals surface area contributed by atoms with Crippen LogP contribution in [0, 0.1) is 31.1 Å². The van der Waals surface area contributed by atoms with Gasteiger partial charge in [-0.3, -0.25) is 9.59 Å². The number of hydrogen-bond donors (Lipinski definition) is 3. The smallest absolute Gasteiger partial charge is 0.241 e. The number of aryl methyl sites for hydroxylation is 2. The van der Waals surface area contributed by atoms with Gasteiger partial charge in [-0.15, -0.1) is 0 Å². The predicted octanol–water partition coefficient (Wildman–Crippen LogP) is 2.30. The van der Waals surface area contributed by atoms with Crippen molar-refractivity contribution in [1.29, 1.82) is 0 Å².